The zero-order chi connectivity index (χ0) is 6.41. The van der Waals surface area contributed by atoms with E-state index in [1.807, 2.05) is 0 Å². The normalized spacial score (nSPS) is 10.5. The van der Waals surface area contributed by atoms with Gasteiger partial charge in [0, 0.05) is 0 Å². The molecule has 0 aromatic carbocycles. The molecule has 0 unspecified atom stereocenters. The monoisotopic (exact) mass is 248 g/mol. The zero-order valence-electron chi connectivity index (χ0n) is 4.25. The fourth-order valence-electron chi connectivity index (χ4n) is 0.201. The van der Waals surface area contributed by atoms with E-state index in [0.717, 1.165) is 0 Å². The molecule has 0 atom stereocenters. The van der Waals surface area contributed by atoms with E-state index in [4.69, 9.17) is 18.4 Å². The van der Waals surface area contributed by atoms with Gasteiger partial charge in [0.15, 0.2) is 0 Å². The molecule has 0 aliphatic carbocycles. The van der Waals surface area contributed by atoms with Crippen LogP contribution in [0.15, 0.2) is 0 Å². The fourth-order valence-corrected chi connectivity index (χ4v) is 1.14. The van der Waals surface area contributed by atoms with Crippen LogP contribution in [0.25, 0.3) is 0 Å². The third-order valence-corrected chi connectivity index (χ3v) is 1.93. The minimum absolute atomic E-state index is 0.374. The second-order valence-corrected chi connectivity index (χ2v) is 3.69. The van der Waals surface area contributed by atoms with Crippen LogP contribution in [-0.4, -0.2) is 40.7 Å². The number of hydrogen-bond acceptors (Lipinski definition) is 3. The van der Waals surface area contributed by atoms with Crippen molar-refractivity contribution in [1.82, 2.24) is 0 Å². The molecule has 8 heavy (non-hydrogen) atoms. The number of hydrogen-bond donors (Lipinski definition) is 2. The van der Waals surface area contributed by atoms with Crippen molar-refractivity contribution in [3.05, 3.63) is 0 Å². The van der Waals surface area contributed by atoms with Crippen molar-refractivity contribution in [3.8, 4) is 0 Å². The molecule has 0 aromatic rings. The van der Waals surface area contributed by atoms with Crippen LogP contribution in [0.3, 0.4) is 0 Å². The van der Waals surface area contributed by atoms with Crippen molar-refractivity contribution in [3.63, 3.8) is 0 Å². The van der Waals surface area contributed by atoms with E-state index in [1.54, 1.807) is 0 Å². The van der Waals surface area contributed by atoms with Crippen molar-refractivity contribution >= 4 is 33.1 Å². The first kappa shape index (κ1) is 8.99. The Balaban J connectivity index is 2.72. The van der Waals surface area contributed by atoms with E-state index in [-0.39, 0.29) is 0 Å². The van der Waals surface area contributed by atoms with Crippen molar-refractivity contribution in [2.75, 3.05) is 12.5 Å². The standard InChI is InChI=1S/C3H6ClO.2H2O.Sb/c4-2-1-3-5;;;/h1-3H2;2*1H2;/q-1;;;+3/p-2. The van der Waals surface area contributed by atoms with Crippen molar-refractivity contribution in [2.24, 2.45) is 0 Å². The molecule has 0 aromatic heterocycles. The van der Waals surface area contributed by atoms with Gasteiger partial charge in [-0.25, -0.2) is 0 Å². The van der Waals surface area contributed by atoms with Crippen LogP contribution in [0, 0.1) is 0 Å². The molecular formula is C3H8ClO3Sb. The minimum atomic E-state index is -3.11. The third kappa shape index (κ3) is 6.99. The van der Waals surface area contributed by atoms with Crippen molar-refractivity contribution in [1.29, 1.82) is 0 Å². The van der Waals surface area contributed by atoms with Crippen LogP contribution < -0.4 is 0 Å². The molecule has 0 rings (SSSR count). The topological polar surface area (TPSA) is 49.7 Å². The Kier molecular flexibility index (Phi) is 6.87. The molecule has 3 nitrogen and oxygen atoms in total. The molecule has 0 amide bonds. The molecule has 50 valence electrons. The number of alkyl halides is 1. The third-order valence-electron chi connectivity index (χ3n) is 0.485. The van der Waals surface area contributed by atoms with E-state index < -0.39 is 21.5 Å². The van der Waals surface area contributed by atoms with E-state index in [1.165, 1.54) is 0 Å². The van der Waals surface area contributed by atoms with Crippen LogP contribution in [-0.2, 0) is 3.02 Å². The van der Waals surface area contributed by atoms with Crippen LogP contribution in [0.2, 0.25) is 0 Å². The Labute approximate surface area is 61.9 Å². The quantitative estimate of drug-likeness (QED) is 0.405. The summed E-state index contributed by atoms with van der Waals surface area (Å²) in [6, 6.07) is 0. The molecule has 5 heteroatoms. The van der Waals surface area contributed by atoms with E-state index in [2.05, 4.69) is 3.02 Å². The molecule has 0 bridgehead atoms. The zero-order valence-corrected chi connectivity index (χ0v) is 7.56. The second-order valence-electron chi connectivity index (χ2n) is 1.13. The first-order valence-electron chi connectivity index (χ1n) is 2.14. The summed E-state index contributed by atoms with van der Waals surface area (Å²) in [5.74, 6) is 0.508. The van der Waals surface area contributed by atoms with Gasteiger partial charge in [-0.1, -0.05) is 0 Å². The predicted molar refractivity (Wildman–Crippen MR) is 31.5 cm³/mol. The summed E-state index contributed by atoms with van der Waals surface area (Å²) in [5, 5.41) is 0. The van der Waals surface area contributed by atoms with Crippen molar-refractivity contribution in [2.45, 2.75) is 6.42 Å². The summed E-state index contributed by atoms with van der Waals surface area (Å²) >= 11 is 2.15. The maximum absolute atomic E-state index is 8.25. The Morgan fingerprint density at radius 3 is 2.50 bits per heavy atom. The molecule has 0 fully saturated rings. The number of halogens is 1. The predicted octanol–water partition coefficient (Wildman–Crippen LogP) is -0.399. The average molecular weight is 249 g/mol. The van der Waals surface area contributed by atoms with Gasteiger partial charge in [-0.15, -0.1) is 0 Å². The maximum atomic E-state index is 8.25. The summed E-state index contributed by atoms with van der Waals surface area (Å²) in [7, 11) is 0. The molecule has 2 N–H and O–H groups in total. The number of rotatable bonds is 4. The molecule has 0 heterocycles. The fraction of sp³-hybridized carbons (Fsp3) is 1.00. The summed E-state index contributed by atoms with van der Waals surface area (Å²) in [6.45, 7) is 0.374. The molecule has 0 aliphatic rings. The van der Waals surface area contributed by atoms with Gasteiger partial charge in [-0.3, -0.25) is 0 Å². The Bertz CT molecular complexity index is 51.8. The van der Waals surface area contributed by atoms with Gasteiger partial charge < -0.3 is 0 Å². The SMILES string of the molecule is [OH][Sb]([OH])[O]CCCCl. The van der Waals surface area contributed by atoms with Crippen molar-refractivity contribution < 1.29 is 9.79 Å². The molecule has 0 saturated heterocycles. The van der Waals surface area contributed by atoms with Crippen LogP contribution >= 0.6 is 11.6 Å². The average Bonchev–Trinajstić information content (AvgIpc) is 1.66. The van der Waals surface area contributed by atoms with Crippen LogP contribution in [0.1, 0.15) is 6.42 Å². The van der Waals surface area contributed by atoms with E-state index in [9.17, 15) is 0 Å². The Hall–Kier alpha value is 0.988. The summed E-state index contributed by atoms with van der Waals surface area (Å²) in [4.78, 5) is 0. The molecule has 0 aliphatic heterocycles. The second kappa shape index (κ2) is 6.11. The van der Waals surface area contributed by atoms with Crippen LogP contribution in [0.5, 0.6) is 0 Å². The van der Waals surface area contributed by atoms with E-state index >= 15 is 0 Å². The first-order valence-corrected chi connectivity index (χ1v) is 6.00. The van der Waals surface area contributed by atoms with Crippen LogP contribution in [0.4, 0.5) is 0 Å². The van der Waals surface area contributed by atoms with Gasteiger partial charge in [0.05, 0.1) is 0 Å². The van der Waals surface area contributed by atoms with Gasteiger partial charge in [0.25, 0.3) is 0 Å². The van der Waals surface area contributed by atoms with Gasteiger partial charge >= 0.3 is 61.8 Å². The van der Waals surface area contributed by atoms with Gasteiger partial charge in [0.2, 0.25) is 0 Å². The summed E-state index contributed by atoms with van der Waals surface area (Å²) in [5.41, 5.74) is 0. The summed E-state index contributed by atoms with van der Waals surface area (Å²) in [6.07, 6.45) is 0.684. The van der Waals surface area contributed by atoms with Gasteiger partial charge in [0.1, 0.15) is 0 Å². The summed E-state index contributed by atoms with van der Waals surface area (Å²) < 4.78 is 21.0. The van der Waals surface area contributed by atoms with E-state index in [0.29, 0.717) is 18.9 Å². The molecular weight excluding hydrogens is 241 g/mol. The molecule has 0 radical (unpaired) electrons. The van der Waals surface area contributed by atoms with Gasteiger partial charge in [-0.2, -0.15) is 0 Å². The molecule has 0 spiro atoms. The Morgan fingerprint density at radius 1 is 1.50 bits per heavy atom. The Morgan fingerprint density at radius 2 is 2.12 bits per heavy atom. The van der Waals surface area contributed by atoms with Gasteiger partial charge in [-0.05, 0) is 0 Å². The molecule has 0 saturated carbocycles. The first-order chi connectivity index (χ1) is 3.77.